The first kappa shape index (κ1) is 15.4. The Morgan fingerprint density at radius 1 is 1.04 bits per heavy atom. The van der Waals surface area contributed by atoms with Crippen molar-refractivity contribution in [2.75, 3.05) is 5.73 Å². The molecule has 0 bridgehead atoms. The zero-order valence-corrected chi connectivity index (χ0v) is 13.3. The van der Waals surface area contributed by atoms with E-state index in [4.69, 9.17) is 5.73 Å². The topological polar surface area (TPSA) is 84.9 Å². The van der Waals surface area contributed by atoms with Gasteiger partial charge in [0.2, 0.25) is 0 Å². The van der Waals surface area contributed by atoms with Gasteiger partial charge in [-0.05, 0) is 37.1 Å². The number of nitrogens with two attached hydrogens (primary N) is 1. The zero-order chi connectivity index (χ0) is 16.4. The molecular formula is C18H20N4O. The van der Waals surface area contributed by atoms with Gasteiger partial charge in [0.25, 0.3) is 0 Å². The molecule has 3 heterocycles. The average Bonchev–Trinajstić information content (AvgIpc) is 2.54. The highest BCUT2D eigenvalue weighted by molar-refractivity contribution is 5.86. The van der Waals surface area contributed by atoms with E-state index in [-0.39, 0.29) is 0 Å². The molecule has 0 radical (unpaired) electrons. The van der Waals surface area contributed by atoms with E-state index in [9.17, 15) is 5.11 Å². The van der Waals surface area contributed by atoms with Crippen LogP contribution in [-0.2, 0) is 0 Å². The normalized spacial score (nSPS) is 12.5. The first-order chi connectivity index (χ1) is 11.1. The van der Waals surface area contributed by atoms with Gasteiger partial charge in [-0.1, -0.05) is 13.3 Å². The first-order valence-corrected chi connectivity index (χ1v) is 7.74. The SMILES string of the molecule is CCC[C@H](O)c1cc(C)c(-c2cc3cnc(N)cc3cn2)cn1. The largest absolute Gasteiger partial charge is 0.387 e. The van der Waals surface area contributed by atoms with Gasteiger partial charge in [-0.25, -0.2) is 4.98 Å². The summed E-state index contributed by atoms with van der Waals surface area (Å²) < 4.78 is 0. The van der Waals surface area contributed by atoms with E-state index in [1.807, 2.05) is 26.0 Å². The molecule has 1 atom stereocenters. The fraction of sp³-hybridized carbons (Fsp3) is 0.278. The second-order valence-electron chi connectivity index (χ2n) is 5.75. The Kier molecular flexibility index (Phi) is 4.21. The van der Waals surface area contributed by atoms with E-state index in [0.29, 0.717) is 17.9 Å². The number of aryl methyl sites for hydroxylation is 1. The minimum atomic E-state index is -0.510. The number of nitrogens with zero attached hydrogens (tertiary/aromatic N) is 3. The third-order valence-electron chi connectivity index (χ3n) is 3.94. The highest BCUT2D eigenvalue weighted by Crippen LogP contribution is 2.27. The molecule has 0 aromatic carbocycles. The molecule has 0 spiro atoms. The zero-order valence-electron chi connectivity index (χ0n) is 13.3. The first-order valence-electron chi connectivity index (χ1n) is 7.74. The van der Waals surface area contributed by atoms with Gasteiger partial charge in [0, 0.05) is 34.9 Å². The summed E-state index contributed by atoms with van der Waals surface area (Å²) in [6, 6.07) is 5.72. The quantitative estimate of drug-likeness (QED) is 0.771. The predicted octanol–water partition coefficient (Wildman–Crippen LogP) is 3.42. The third-order valence-corrected chi connectivity index (χ3v) is 3.94. The molecule has 0 saturated carbocycles. The molecule has 118 valence electrons. The van der Waals surface area contributed by atoms with Crippen molar-refractivity contribution in [2.45, 2.75) is 32.8 Å². The number of nitrogen functional groups attached to an aromatic ring is 1. The van der Waals surface area contributed by atoms with Gasteiger partial charge < -0.3 is 10.8 Å². The molecule has 3 N–H and O–H groups in total. The van der Waals surface area contributed by atoms with Crippen molar-refractivity contribution in [3.63, 3.8) is 0 Å². The van der Waals surface area contributed by atoms with E-state index in [2.05, 4.69) is 15.0 Å². The van der Waals surface area contributed by atoms with Crippen LogP contribution in [0.15, 0.2) is 36.8 Å². The van der Waals surface area contributed by atoms with E-state index in [0.717, 1.165) is 34.0 Å². The monoisotopic (exact) mass is 308 g/mol. The Hall–Kier alpha value is -2.53. The summed E-state index contributed by atoms with van der Waals surface area (Å²) in [7, 11) is 0. The van der Waals surface area contributed by atoms with Crippen molar-refractivity contribution in [3.8, 4) is 11.3 Å². The fourth-order valence-corrected chi connectivity index (χ4v) is 2.65. The summed E-state index contributed by atoms with van der Waals surface area (Å²) >= 11 is 0. The van der Waals surface area contributed by atoms with Crippen LogP contribution in [0.1, 0.15) is 37.1 Å². The van der Waals surface area contributed by atoms with Crippen LogP contribution in [0.5, 0.6) is 0 Å². The van der Waals surface area contributed by atoms with Crippen LogP contribution >= 0.6 is 0 Å². The molecule has 0 aliphatic heterocycles. The van der Waals surface area contributed by atoms with Gasteiger partial charge in [-0.2, -0.15) is 0 Å². The number of anilines is 1. The van der Waals surface area contributed by atoms with Gasteiger partial charge in [-0.3, -0.25) is 9.97 Å². The summed E-state index contributed by atoms with van der Waals surface area (Å²) in [5.41, 5.74) is 9.24. The second-order valence-corrected chi connectivity index (χ2v) is 5.75. The molecule has 0 aliphatic rings. The van der Waals surface area contributed by atoms with Crippen LogP contribution in [0.25, 0.3) is 22.0 Å². The van der Waals surface area contributed by atoms with Crippen LogP contribution in [0, 0.1) is 6.92 Å². The molecule has 3 aromatic rings. The Labute approximate surface area is 135 Å². The molecule has 0 amide bonds. The molecule has 5 heteroatoms. The number of hydrogen-bond acceptors (Lipinski definition) is 5. The number of aliphatic hydroxyl groups is 1. The molecule has 0 saturated heterocycles. The summed E-state index contributed by atoms with van der Waals surface area (Å²) in [6.45, 7) is 4.05. The Bertz CT molecular complexity index is 848. The smallest absolute Gasteiger partial charge is 0.123 e. The Morgan fingerprint density at radius 3 is 2.52 bits per heavy atom. The summed E-state index contributed by atoms with van der Waals surface area (Å²) in [5, 5.41) is 12.0. The molecular weight excluding hydrogens is 288 g/mol. The van der Waals surface area contributed by atoms with Crippen molar-refractivity contribution >= 4 is 16.6 Å². The van der Waals surface area contributed by atoms with Gasteiger partial charge in [0.1, 0.15) is 5.82 Å². The van der Waals surface area contributed by atoms with Gasteiger partial charge in [0.15, 0.2) is 0 Å². The predicted molar refractivity (Wildman–Crippen MR) is 91.8 cm³/mol. The minimum absolute atomic E-state index is 0.485. The number of aliphatic hydroxyl groups excluding tert-OH is 1. The maximum atomic E-state index is 10.1. The van der Waals surface area contributed by atoms with Gasteiger partial charge in [0.05, 0.1) is 17.5 Å². The third kappa shape index (κ3) is 3.14. The lowest BCUT2D eigenvalue weighted by atomic mass is 10.0. The molecule has 3 rings (SSSR count). The van der Waals surface area contributed by atoms with E-state index >= 15 is 0 Å². The van der Waals surface area contributed by atoms with Crippen LogP contribution in [0.4, 0.5) is 5.82 Å². The van der Waals surface area contributed by atoms with Crippen LogP contribution < -0.4 is 5.73 Å². The average molecular weight is 308 g/mol. The van der Waals surface area contributed by atoms with Crippen LogP contribution in [0.3, 0.4) is 0 Å². The van der Waals surface area contributed by atoms with Crippen LogP contribution in [0.2, 0.25) is 0 Å². The van der Waals surface area contributed by atoms with Crippen LogP contribution in [-0.4, -0.2) is 20.1 Å². The van der Waals surface area contributed by atoms with Crippen molar-refractivity contribution in [2.24, 2.45) is 0 Å². The maximum Gasteiger partial charge on any atom is 0.123 e. The molecule has 5 nitrogen and oxygen atoms in total. The fourth-order valence-electron chi connectivity index (χ4n) is 2.65. The highest BCUT2D eigenvalue weighted by atomic mass is 16.3. The number of rotatable bonds is 4. The Morgan fingerprint density at radius 2 is 1.78 bits per heavy atom. The van der Waals surface area contributed by atoms with Gasteiger partial charge >= 0.3 is 0 Å². The number of hydrogen-bond donors (Lipinski definition) is 2. The van der Waals surface area contributed by atoms with E-state index < -0.39 is 6.10 Å². The summed E-state index contributed by atoms with van der Waals surface area (Å²) in [6.07, 6.45) is 6.45. The molecule has 0 aliphatic carbocycles. The van der Waals surface area contributed by atoms with Crippen molar-refractivity contribution in [1.29, 1.82) is 0 Å². The van der Waals surface area contributed by atoms with Crippen molar-refractivity contribution < 1.29 is 5.11 Å². The van der Waals surface area contributed by atoms with E-state index in [1.54, 1.807) is 24.7 Å². The lowest BCUT2D eigenvalue weighted by molar-refractivity contribution is 0.161. The van der Waals surface area contributed by atoms with Crippen molar-refractivity contribution in [1.82, 2.24) is 15.0 Å². The number of pyridine rings is 3. The lowest BCUT2D eigenvalue weighted by Crippen LogP contribution is -2.01. The maximum absolute atomic E-state index is 10.1. The standard InChI is InChI=1S/C18H20N4O/c1-3-4-17(23)16-5-11(2)14(10-21-16)15-6-12-9-22-18(19)7-13(12)8-20-15/h5-10,17,23H,3-4H2,1-2H3,(H2,19,22)/t17-/m0/s1. The molecule has 0 unspecified atom stereocenters. The molecule has 3 aromatic heterocycles. The molecule has 0 fully saturated rings. The van der Waals surface area contributed by atoms with Gasteiger partial charge in [-0.15, -0.1) is 0 Å². The highest BCUT2D eigenvalue weighted by Gasteiger charge is 2.12. The second kappa shape index (κ2) is 6.30. The Balaban J connectivity index is 1.99. The number of fused-ring (bicyclic) bond motifs is 1. The minimum Gasteiger partial charge on any atom is -0.387 e. The molecule has 23 heavy (non-hydrogen) atoms. The summed E-state index contributed by atoms with van der Waals surface area (Å²) in [4.78, 5) is 13.0. The van der Waals surface area contributed by atoms with E-state index in [1.165, 1.54) is 0 Å². The lowest BCUT2D eigenvalue weighted by Gasteiger charge is -2.12. The summed E-state index contributed by atoms with van der Waals surface area (Å²) in [5.74, 6) is 0.485. The van der Waals surface area contributed by atoms with Crippen molar-refractivity contribution in [3.05, 3.63) is 48.0 Å². The number of aromatic nitrogens is 3.